The van der Waals surface area contributed by atoms with Gasteiger partial charge in [-0.1, -0.05) is 49.4 Å². The second-order valence-electron chi connectivity index (χ2n) is 7.63. The van der Waals surface area contributed by atoms with Crippen LogP contribution in [0.2, 0.25) is 0 Å². The first-order valence-corrected chi connectivity index (χ1v) is 9.97. The van der Waals surface area contributed by atoms with Crippen LogP contribution in [0.25, 0.3) is 16.8 Å². The van der Waals surface area contributed by atoms with Crippen molar-refractivity contribution in [2.45, 2.75) is 25.5 Å². The molecule has 0 saturated heterocycles. The molecular formula is C24H22F2N4O. The molecule has 0 unspecified atom stereocenters. The quantitative estimate of drug-likeness (QED) is 0.469. The maximum atomic E-state index is 14.6. The van der Waals surface area contributed by atoms with Gasteiger partial charge in [-0.05, 0) is 23.8 Å². The number of halogens is 2. The number of pyridine rings is 1. The van der Waals surface area contributed by atoms with Gasteiger partial charge in [-0.15, -0.1) is 0 Å². The molecule has 2 aromatic carbocycles. The summed E-state index contributed by atoms with van der Waals surface area (Å²) in [5.74, 6) is -1.90. The van der Waals surface area contributed by atoms with Crippen LogP contribution in [0.3, 0.4) is 0 Å². The Morgan fingerprint density at radius 3 is 2.74 bits per heavy atom. The lowest BCUT2D eigenvalue weighted by atomic mass is 9.80. The fraction of sp³-hybridized carbons (Fsp3) is 0.208. The molecule has 7 heteroatoms. The van der Waals surface area contributed by atoms with E-state index in [1.807, 2.05) is 49.5 Å². The summed E-state index contributed by atoms with van der Waals surface area (Å²) in [4.78, 5) is 8.17. The first-order chi connectivity index (χ1) is 15.0. The van der Waals surface area contributed by atoms with Crippen LogP contribution < -0.4 is 0 Å². The highest BCUT2D eigenvalue weighted by Crippen LogP contribution is 2.36. The Hall–Kier alpha value is -3.45. The fourth-order valence-electron chi connectivity index (χ4n) is 3.78. The second kappa shape index (κ2) is 8.73. The molecule has 0 aliphatic heterocycles. The number of aliphatic hydroxyl groups is 1. The molecule has 0 radical (unpaired) electrons. The standard InChI is InChI=1S/C24H22F2N4O/c1-17(5-4-7-19-13-27-12-18-6-2-3-8-21(18)19)24(31,14-30-16-28-15-29-30)22-10-9-20(25)11-23(22)26/h2-4,6-13,15-17,31H,5,14H2,1H3/b7-4+/t17-,24+/m0/s1. The fourth-order valence-corrected chi connectivity index (χ4v) is 3.78. The Labute approximate surface area is 178 Å². The van der Waals surface area contributed by atoms with Gasteiger partial charge in [0.15, 0.2) is 0 Å². The van der Waals surface area contributed by atoms with Crippen molar-refractivity contribution in [1.29, 1.82) is 0 Å². The van der Waals surface area contributed by atoms with Gasteiger partial charge in [0, 0.05) is 35.0 Å². The molecule has 2 atom stereocenters. The zero-order valence-electron chi connectivity index (χ0n) is 17.0. The Morgan fingerprint density at radius 1 is 1.13 bits per heavy atom. The minimum Gasteiger partial charge on any atom is -0.383 e. The number of nitrogens with zero attached hydrogens (tertiary/aromatic N) is 4. The normalized spacial score (nSPS) is 14.7. The number of allylic oxidation sites excluding steroid dienone is 1. The summed E-state index contributed by atoms with van der Waals surface area (Å²) >= 11 is 0. The molecule has 31 heavy (non-hydrogen) atoms. The van der Waals surface area contributed by atoms with E-state index in [0.29, 0.717) is 6.42 Å². The Bertz CT molecular complexity index is 1200. The van der Waals surface area contributed by atoms with Gasteiger partial charge in [-0.25, -0.2) is 18.4 Å². The van der Waals surface area contributed by atoms with Gasteiger partial charge in [0.2, 0.25) is 0 Å². The highest BCUT2D eigenvalue weighted by atomic mass is 19.1. The smallest absolute Gasteiger partial charge is 0.137 e. The van der Waals surface area contributed by atoms with E-state index in [1.54, 1.807) is 6.20 Å². The molecule has 0 aliphatic carbocycles. The first kappa shape index (κ1) is 20.8. The zero-order chi connectivity index (χ0) is 21.8. The van der Waals surface area contributed by atoms with Crippen molar-refractivity contribution in [3.8, 4) is 0 Å². The predicted octanol–water partition coefficient (Wildman–Crippen LogP) is 4.73. The summed E-state index contributed by atoms with van der Waals surface area (Å²) < 4.78 is 29.5. The van der Waals surface area contributed by atoms with Gasteiger partial charge in [-0.3, -0.25) is 4.98 Å². The summed E-state index contributed by atoms with van der Waals surface area (Å²) in [7, 11) is 0. The molecule has 0 amide bonds. The number of benzene rings is 2. The lowest BCUT2D eigenvalue weighted by Gasteiger charge is -2.34. The van der Waals surface area contributed by atoms with Crippen molar-refractivity contribution >= 4 is 16.8 Å². The topological polar surface area (TPSA) is 63.8 Å². The highest BCUT2D eigenvalue weighted by Gasteiger charge is 2.38. The van der Waals surface area contributed by atoms with Crippen LogP contribution in [0.5, 0.6) is 0 Å². The maximum Gasteiger partial charge on any atom is 0.137 e. The third-order valence-electron chi connectivity index (χ3n) is 5.57. The van der Waals surface area contributed by atoms with Crippen molar-refractivity contribution < 1.29 is 13.9 Å². The van der Waals surface area contributed by atoms with E-state index >= 15 is 0 Å². The second-order valence-corrected chi connectivity index (χ2v) is 7.63. The Balaban J connectivity index is 1.62. The zero-order valence-corrected chi connectivity index (χ0v) is 17.0. The number of aromatic nitrogens is 4. The minimum absolute atomic E-state index is 0.0135. The molecule has 4 aromatic rings. The van der Waals surface area contributed by atoms with Crippen LogP contribution in [0.15, 0.2) is 73.6 Å². The highest BCUT2D eigenvalue weighted by molar-refractivity contribution is 5.89. The summed E-state index contributed by atoms with van der Waals surface area (Å²) in [6.07, 6.45) is 10.7. The number of hydrogen-bond donors (Lipinski definition) is 1. The molecule has 5 nitrogen and oxygen atoms in total. The lowest BCUT2D eigenvalue weighted by Crippen LogP contribution is -2.39. The van der Waals surface area contributed by atoms with Gasteiger partial charge in [0.1, 0.15) is 29.9 Å². The third kappa shape index (κ3) is 4.36. The summed E-state index contributed by atoms with van der Waals surface area (Å²) in [5, 5.41) is 17.7. The minimum atomic E-state index is -1.62. The maximum absolute atomic E-state index is 14.6. The lowest BCUT2D eigenvalue weighted by molar-refractivity contribution is -0.0379. The van der Waals surface area contributed by atoms with Crippen LogP contribution in [0, 0.1) is 17.6 Å². The molecule has 0 spiro atoms. The van der Waals surface area contributed by atoms with E-state index in [0.717, 1.165) is 28.5 Å². The van der Waals surface area contributed by atoms with Crippen molar-refractivity contribution in [3.05, 3.63) is 96.4 Å². The summed E-state index contributed by atoms with van der Waals surface area (Å²) in [6, 6.07) is 11.2. The van der Waals surface area contributed by atoms with Gasteiger partial charge >= 0.3 is 0 Å². The summed E-state index contributed by atoms with van der Waals surface area (Å²) in [5.41, 5.74) is -0.637. The molecule has 0 bridgehead atoms. The molecule has 2 heterocycles. The van der Waals surface area contributed by atoms with Crippen LogP contribution >= 0.6 is 0 Å². The van der Waals surface area contributed by atoms with E-state index in [4.69, 9.17) is 0 Å². The number of hydrogen-bond acceptors (Lipinski definition) is 4. The van der Waals surface area contributed by atoms with Crippen molar-refractivity contribution in [2.75, 3.05) is 0 Å². The van der Waals surface area contributed by atoms with Crippen molar-refractivity contribution in [2.24, 2.45) is 5.92 Å². The molecule has 0 saturated carbocycles. The Morgan fingerprint density at radius 2 is 1.97 bits per heavy atom. The first-order valence-electron chi connectivity index (χ1n) is 9.97. The van der Waals surface area contributed by atoms with Gasteiger partial charge in [-0.2, -0.15) is 5.10 Å². The van der Waals surface area contributed by atoms with Gasteiger partial charge < -0.3 is 5.11 Å². The molecule has 0 fully saturated rings. The average molecular weight is 420 g/mol. The molecule has 1 N–H and O–H groups in total. The predicted molar refractivity (Wildman–Crippen MR) is 115 cm³/mol. The molecule has 2 aromatic heterocycles. The van der Waals surface area contributed by atoms with E-state index in [2.05, 4.69) is 15.1 Å². The average Bonchev–Trinajstić information content (AvgIpc) is 3.26. The molecule has 0 aliphatic rings. The van der Waals surface area contributed by atoms with E-state index in [1.165, 1.54) is 23.4 Å². The molecular weight excluding hydrogens is 398 g/mol. The van der Waals surface area contributed by atoms with Crippen LogP contribution in [-0.2, 0) is 12.1 Å². The largest absolute Gasteiger partial charge is 0.383 e. The van der Waals surface area contributed by atoms with Crippen molar-refractivity contribution in [1.82, 2.24) is 19.7 Å². The van der Waals surface area contributed by atoms with Crippen LogP contribution in [-0.4, -0.2) is 24.9 Å². The van der Waals surface area contributed by atoms with Crippen LogP contribution in [0.4, 0.5) is 8.78 Å². The SMILES string of the molecule is C[C@@H](C/C=C/c1cncc2ccccc12)[C@](O)(Cn1cncn1)c1ccc(F)cc1F. The van der Waals surface area contributed by atoms with Crippen molar-refractivity contribution in [3.63, 3.8) is 0 Å². The van der Waals surface area contributed by atoms with Crippen LogP contribution in [0.1, 0.15) is 24.5 Å². The van der Waals surface area contributed by atoms with Gasteiger partial charge in [0.05, 0.1) is 6.54 Å². The molecule has 158 valence electrons. The van der Waals surface area contributed by atoms with E-state index in [-0.39, 0.29) is 12.1 Å². The Kier molecular flexibility index (Phi) is 5.86. The number of rotatable bonds is 7. The monoisotopic (exact) mass is 420 g/mol. The van der Waals surface area contributed by atoms with Gasteiger partial charge in [0.25, 0.3) is 0 Å². The summed E-state index contributed by atoms with van der Waals surface area (Å²) in [6.45, 7) is 1.81. The number of fused-ring (bicyclic) bond motifs is 1. The van der Waals surface area contributed by atoms with E-state index in [9.17, 15) is 13.9 Å². The molecule has 4 rings (SSSR count). The third-order valence-corrected chi connectivity index (χ3v) is 5.57. The van der Waals surface area contributed by atoms with E-state index < -0.39 is 23.2 Å².